The number of rotatable bonds is 4. The number of allylic oxidation sites excluding steroid dienone is 2. The fourth-order valence-corrected chi connectivity index (χ4v) is 2.53. The van der Waals surface area contributed by atoms with Crippen LogP contribution < -0.4 is 5.32 Å². The van der Waals surface area contributed by atoms with Gasteiger partial charge in [0.1, 0.15) is 5.92 Å². The van der Waals surface area contributed by atoms with Crippen molar-refractivity contribution in [1.82, 2.24) is 0 Å². The van der Waals surface area contributed by atoms with E-state index in [1.807, 2.05) is 0 Å². The zero-order valence-corrected chi connectivity index (χ0v) is 12.0. The number of hydrogen-bond donors (Lipinski definition) is 3. The zero-order valence-electron chi connectivity index (χ0n) is 11.2. The van der Waals surface area contributed by atoms with E-state index in [2.05, 4.69) is 5.32 Å². The number of benzene rings is 1. The Hall–Kier alpha value is -2.27. The Kier molecular flexibility index (Phi) is 4.04. The predicted octanol–water partition coefficient (Wildman–Crippen LogP) is 2.95. The van der Waals surface area contributed by atoms with Crippen LogP contribution in [0.15, 0.2) is 47.5 Å². The lowest BCUT2D eigenvalue weighted by Gasteiger charge is -2.37. The van der Waals surface area contributed by atoms with Crippen LogP contribution in [-0.2, 0) is 4.79 Å². The Bertz CT molecular complexity index is 653. The van der Waals surface area contributed by atoms with E-state index in [0.717, 1.165) is 0 Å². The van der Waals surface area contributed by atoms with Crippen LogP contribution in [0.3, 0.4) is 0 Å². The number of aliphatic carboxylic acids is 1. The minimum atomic E-state index is -1.12. The van der Waals surface area contributed by atoms with Crippen molar-refractivity contribution < 1.29 is 19.8 Å². The van der Waals surface area contributed by atoms with Gasteiger partial charge in [-0.15, -0.1) is 0 Å². The molecule has 0 radical (unpaired) electrons. The van der Waals surface area contributed by atoms with Gasteiger partial charge in [-0.1, -0.05) is 35.9 Å². The Morgan fingerprint density at radius 3 is 2.57 bits per heavy atom. The number of nitrogens with one attached hydrogen (secondary N) is 1. The van der Waals surface area contributed by atoms with Crippen molar-refractivity contribution in [3.8, 4) is 0 Å². The molecule has 110 valence electrons. The molecule has 0 saturated heterocycles. The first kappa shape index (κ1) is 15.1. The summed E-state index contributed by atoms with van der Waals surface area (Å²) in [6, 6.07) is 6.30. The highest BCUT2D eigenvalue weighted by atomic mass is 35.5. The molecule has 2 unspecified atom stereocenters. The molecule has 1 aromatic carbocycles. The van der Waals surface area contributed by atoms with Crippen LogP contribution >= 0.6 is 11.6 Å². The van der Waals surface area contributed by atoms with E-state index in [1.54, 1.807) is 37.3 Å². The summed E-state index contributed by atoms with van der Waals surface area (Å²) in [4.78, 5) is 22.7. The molecule has 21 heavy (non-hydrogen) atoms. The molecule has 0 aliphatic heterocycles. The van der Waals surface area contributed by atoms with Crippen molar-refractivity contribution in [3.63, 3.8) is 0 Å². The third-order valence-corrected chi connectivity index (χ3v) is 4.00. The van der Waals surface area contributed by atoms with E-state index in [1.165, 1.54) is 12.1 Å². The van der Waals surface area contributed by atoms with Gasteiger partial charge in [-0.2, -0.15) is 0 Å². The maximum atomic E-state index is 11.4. The van der Waals surface area contributed by atoms with E-state index in [4.69, 9.17) is 11.6 Å². The normalized spacial score (nSPS) is 24.3. The molecule has 1 aromatic rings. The summed E-state index contributed by atoms with van der Waals surface area (Å²) in [6.45, 7) is 1.63. The molecular weight excluding hydrogens is 294 g/mol. The molecule has 0 aromatic heterocycles. The summed E-state index contributed by atoms with van der Waals surface area (Å²) < 4.78 is 0. The molecule has 2 rings (SSSR count). The molecule has 0 saturated carbocycles. The number of halogens is 1. The molecule has 2 atom stereocenters. The molecule has 0 spiro atoms. The molecule has 3 N–H and O–H groups in total. The van der Waals surface area contributed by atoms with Crippen LogP contribution in [0.25, 0.3) is 0 Å². The largest absolute Gasteiger partial charge is 0.481 e. The smallest absolute Gasteiger partial charge is 0.337 e. The molecule has 0 bridgehead atoms. The highest BCUT2D eigenvalue weighted by Gasteiger charge is 2.42. The highest BCUT2D eigenvalue weighted by molar-refractivity contribution is 6.31. The van der Waals surface area contributed by atoms with Gasteiger partial charge >= 0.3 is 11.9 Å². The lowest BCUT2D eigenvalue weighted by molar-refractivity contribution is -0.141. The maximum Gasteiger partial charge on any atom is 0.337 e. The zero-order chi connectivity index (χ0) is 15.6. The molecule has 0 fully saturated rings. The molecule has 0 heterocycles. The predicted molar refractivity (Wildman–Crippen MR) is 79.6 cm³/mol. The van der Waals surface area contributed by atoms with Gasteiger partial charge in [-0.05, 0) is 25.1 Å². The first-order chi connectivity index (χ1) is 9.86. The van der Waals surface area contributed by atoms with Crippen molar-refractivity contribution in [2.75, 3.05) is 5.32 Å². The molecule has 6 heteroatoms. The van der Waals surface area contributed by atoms with Gasteiger partial charge < -0.3 is 15.5 Å². The third-order valence-electron chi connectivity index (χ3n) is 3.48. The van der Waals surface area contributed by atoms with Crippen molar-refractivity contribution in [3.05, 3.63) is 53.1 Å². The van der Waals surface area contributed by atoms with E-state index < -0.39 is 23.4 Å². The Morgan fingerprint density at radius 2 is 1.95 bits per heavy atom. The second kappa shape index (κ2) is 5.61. The second-order valence-corrected chi connectivity index (χ2v) is 5.30. The van der Waals surface area contributed by atoms with Crippen LogP contribution in [0.5, 0.6) is 0 Å². The fraction of sp³-hybridized carbons (Fsp3) is 0.200. The number of hydrogen-bond acceptors (Lipinski definition) is 3. The Balaban J connectivity index is 2.45. The van der Waals surface area contributed by atoms with Gasteiger partial charge in [0.05, 0.1) is 11.1 Å². The summed E-state index contributed by atoms with van der Waals surface area (Å²) in [7, 11) is 0. The summed E-state index contributed by atoms with van der Waals surface area (Å²) in [5, 5.41) is 21.8. The van der Waals surface area contributed by atoms with Crippen LogP contribution in [-0.4, -0.2) is 27.7 Å². The number of carboxylic acids is 2. The second-order valence-electron chi connectivity index (χ2n) is 4.89. The number of para-hydroxylation sites is 1. The van der Waals surface area contributed by atoms with Crippen LogP contribution in [0.1, 0.15) is 17.3 Å². The fourth-order valence-electron chi connectivity index (χ4n) is 2.29. The summed E-state index contributed by atoms with van der Waals surface area (Å²) in [5.41, 5.74) is -0.740. The van der Waals surface area contributed by atoms with Crippen molar-refractivity contribution in [2.24, 2.45) is 5.92 Å². The first-order valence-corrected chi connectivity index (χ1v) is 6.62. The standard InChI is InChI=1S/C15H14ClNO4/c1-15(10(14(20)21)6-4-8-12(15)16)17-11-7-3-2-5-9(11)13(18)19/h2-8,10,17H,1H3,(H,18,19)(H,20,21). The van der Waals surface area contributed by atoms with Gasteiger partial charge in [0.15, 0.2) is 0 Å². The highest BCUT2D eigenvalue weighted by Crippen LogP contribution is 2.37. The molecule has 1 aliphatic rings. The van der Waals surface area contributed by atoms with Crippen molar-refractivity contribution >= 4 is 29.2 Å². The Labute approximate surface area is 126 Å². The SMILES string of the molecule is CC1(Nc2ccccc2C(=O)O)C(Cl)=CC=CC1C(=O)O. The minimum Gasteiger partial charge on any atom is -0.481 e. The maximum absolute atomic E-state index is 11.4. The van der Waals surface area contributed by atoms with Crippen LogP contribution in [0.4, 0.5) is 5.69 Å². The van der Waals surface area contributed by atoms with E-state index >= 15 is 0 Å². The average Bonchev–Trinajstić information content (AvgIpc) is 2.42. The van der Waals surface area contributed by atoms with Crippen LogP contribution in [0, 0.1) is 5.92 Å². The van der Waals surface area contributed by atoms with Crippen LogP contribution in [0.2, 0.25) is 0 Å². The average molecular weight is 308 g/mol. The van der Waals surface area contributed by atoms with Crippen molar-refractivity contribution in [1.29, 1.82) is 0 Å². The summed E-state index contributed by atoms with van der Waals surface area (Å²) in [6.07, 6.45) is 4.69. The van der Waals surface area contributed by atoms with Gasteiger partial charge in [-0.3, -0.25) is 4.79 Å². The quantitative estimate of drug-likeness (QED) is 0.796. The lowest BCUT2D eigenvalue weighted by atomic mass is 9.81. The number of carbonyl (C=O) groups is 2. The topological polar surface area (TPSA) is 86.6 Å². The van der Waals surface area contributed by atoms with E-state index in [9.17, 15) is 19.8 Å². The minimum absolute atomic E-state index is 0.0573. The number of carboxylic acid groups (broad SMARTS) is 2. The van der Waals surface area contributed by atoms with E-state index in [0.29, 0.717) is 10.7 Å². The van der Waals surface area contributed by atoms with Gasteiger partial charge in [-0.25, -0.2) is 4.79 Å². The van der Waals surface area contributed by atoms with Gasteiger partial charge in [0.2, 0.25) is 0 Å². The molecular formula is C15H14ClNO4. The molecule has 1 aliphatic carbocycles. The molecule has 0 amide bonds. The first-order valence-electron chi connectivity index (χ1n) is 6.24. The monoisotopic (exact) mass is 307 g/mol. The van der Waals surface area contributed by atoms with Gasteiger partial charge in [0.25, 0.3) is 0 Å². The summed E-state index contributed by atoms with van der Waals surface area (Å²) in [5.74, 6) is -3.04. The Morgan fingerprint density at radius 1 is 1.29 bits per heavy atom. The van der Waals surface area contributed by atoms with Gasteiger partial charge in [0, 0.05) is 10.7 Å². The lowest BCUT2D eigenvalue weighted by Crippen LogP contribution is -2.47. The van der Waals surface area contributed by atoms with Crippen molar-refractivity contribution in [2.45, 2.75) is 12.5 Å². The molecule has 5 nitrogen and oxygen atoms in total. The number of aromatic carboxylic acids is 1. The third kappa shape index (κ3) is 2.78. The number of anilines is 1. The van der Waals surface area contributed by atoms with E-state index in [-0.39, 0.29) is 5.56 Å². The summed E-state index contributed by atoms with van der Waals surface area (Å²) >= 11 is 6.18.